The second kappa shape index (κ2) is 7.77. The van der Waals surface area contributed by atoms with Crippen LogP contribution in [0.15, 0.2) is 65.7 Å². The van der Waals surface area contributed by atoms with Gasteiger partial charge in [0.2, 0.25) is 0 Å². The maximum Gasteiger partial charge on any atom is 0.416 e. The van der Waals surface area contributed by atoms with Gasteiger partial charge in [-0.05, 0) is 55.2 Å². The lowest BCUT2D eigenvalue weighted by atomic mass is 10.1. The molecule has 2 aromatic carbocycles. The number of hydrogen-bond acceptors (Lipinski definition) is 1. The van der Waals surface area contributed by atoms with Crippen molar-refractivity contribution in [1.29, 1.82) is 0 Å². The van der Waals surface area contributed by atoms with Gasteiger partial charge in [0.1, 0.15) is 0 Å². The van der Waals surface area contributed by atoms with E-state index in [0.29, 0.717) is 5.69 Å². The largest absolute Gasteiger partial charge is 0.416 e. The average molecular weight is 317 g/mol. The monoisotopic (exact) mass is 317 g/mol. The summed E-state index contributed by atoms with van der Waals surface area (Å²) < 4.78 is 37.4. The van der Waals surface area contributed by atoms with Gasteiger partial charge in [-0.3, -0.25) is 4.99 Å². The Morgan fingerprint density at radius 1 is 0.957 bits per heavy atom. The Hall–Kier alpha value is -2.36. The molecule has 0 atom stereocenters. The molecule has 0 aliphatic rings. The van der Waals surface area contributed by atoms with Gasteiger partial charge in [0.05, 0.1) is 11.3 Å². The third-order valence-electron chi connectivity index (χ3n) is 3.37. The molecule has 0 saturated heterocycles. The van der Waals surface area contributed by atoms with E-state index in [1.165, 1.54) is 17.7 Å². The summed E-state index contributed by atoms with van der Waals surface area (Å²) in [7, 11) is 0. The zero-order chi connectivity index (χ0) is 16.7. The lowest BCUT2D eigenvalue weighted by Gasteiger charge is -2.05. The zero-order valence-electron chi connectivity index (χ0n) is 12.8. The van der Waals surface area contributed by atoms with Gasteiger partial charge in [0, 0.05) is 6.21 Å². The minimum atomic E-state index is -4.31. The third-order valence-corrected chi connectivity index (χ3v) is 3.37. The fourth-order valence-corrected chi connectivity index (χ4v) is 2.07. The third kappa shape index (κ3) is 5.40. The topological polar surface area (TPSA) is 12.4 Å². The summed E-state index contributed by atoms with van der Waals surface area (Å²) in [5, 5.41) is 0. The standard InChI is InChI=1S/C19H18F3N/c1-2-3-4-5-15-6-8-16(9-7-15)14-23-18-12-10-17(11-13-18)19(20,21)22/h2-3,6-14H,4-5H2,1H3/b3-2+,23-14?. The number of aryl methyl sites for hydroxylation is 1. The molecule has 0 aromatic heterocycles. The quantitative estimate of drug-likeness (QED) is 0.476. The summed E-state index contributed by atoms with van der Waals surface area (Å²) in [6, 6.07) is 12.8. The molecule has 4 heteroatoms. The maximum absolute atomic E-state index is 12.5. The van der Waals surface area contributed by atoms with E-state index in [9.17, 15) is 13.2 Å². The smallest absolute Gasteiger partial charge is 0.256 e. The SMILES string of the molecule is C/C=C/CCc1ccc(C=Nc2ccc(C(F)(F)F)cc2)cc1. The highest BCUT2D eigenvalue weighted by molar-refractivity contribution is 5.81. The Labute approximate surface area is 134 Å². The van der Waals surface area contributed by atoms with Crippen LogP contribution in [0.3, 0.4) is 0 Å². The highest BCUT2D eigenvalue weighted by Gasteiger charge is 2.29. The number of alkyl halides is 3. The Bertz CT molecular complexity index is 665. The lowest BCUT2D eigenvalue weighted by molar-refractivity contribution is -0.137. The van der Waals surface area contributed by atoms with Crippen molar-refractivity contribution >= 4 is 11.9 Å². The first-order valence-electron chi connectivity index (χ1n) is 7.40. The summed E-state index contributed by atoms with van der Waals surface area (Å²) in [5.41, 5.74) is 1.99. The van der Waals surface area contributed by atoms with Crippen molar-refractivity contribution in [2.24, 2.45) is 4.99 Å². The molecule has 0 aliphatic heterocycles. The van der Waals surface area contributed by atoms with Crippen LogP contribution in [-0.4, -0.2) is 6.21 Å². The van der Waals surface area contributed by atoms with E-state index in [1.54, 1.807) is 6.21 Å². The van der Waals surface area contributed by atoms with E-state index in [4.69, 9.17) is 0 Å². The van der Waals surface area contributed by atoms with Crippen molar-refractivity contribution in [2.45, 2.75) is 25.9 Å². The fourth-order valence-electron chi connectivity index (χ4n) is 2.07. The molecule has 0 N–H and O–H groups in total. The molecular weight excluding hydrogens is 299 g/mol. The van der Waals surface area contributed by atoms with Crippen LogP contribution in [0.5, 0.6) is 0 Å². The molecular formula is C19H18F3N. The molecule has 0 bridgehead atoms. The van der Waals surface area contributed by atoms with Crippen LogP contribution in [0.25, 0.3) is 0 Å². The van der Waals surface area contributed by atoms with E-state index in [-0.39, 0.29) is 0 Å². The van der Waals surface area contributed by atoms with Crippen molar-refractivity contribution in [2.75, 3.05) is 0 Å². The van der Waals surface area contributed by atoms with Crippen LogP contribution in [0, 0.1) is 0 Å². The van der Waals surface area contributed by atoms with Crippen LogP contribution in [0.4, 0.5) is 18.9 Å². The van der Waals surface area contributed by atoms with E-state index >= 15 is 0 Å². The molecule has 0 radical (unpaired) electrons. The van der Waals surface area contributed by atoms with E-state index in [0.717, 1.165) is 30.5 Å². The first kappa shape index (κ1) is 17.0. The van der Waals surface area contributed by atoms with Gasteiger partial charge in [-0.15, -0.1) is 0 Å². The van der Waals surface area contributed by atoms with Crippen LogP contribution >= 0.6 is 0 Å². The molecule has 0 heterocycles. The molecule has 0 amide bonds. The summed E-state index contributed by atoms with van der Waals surface area (Å²) in [6.07, 6.45) is 3.49. The number of aliphatic imine (C=N–C) groups is 1. The maximum atomic E-state index is 12.5. The Morgan fingerprint density at radius 3 is 2.17 bits per heavy atom. The van der Waals surface area contributed by atoms with Crippen molar-refractivity contribution in [3.05, 3.63) is 77.4 Å². The normalized spacial score (nSPS) is 12.3. The Morgan fingerprint density at radius 2 is 1.61 bits per heavy atom. The van der Waals surface area contributed by atoms with Gasteiger partial charge >= 0.3 is 6.18 Å². The van der Waals surface area contributed by atoms with Gasteiger partial charge < -0.3 is 0 Å². The van der Waals surface area contributed by atoms with Gasteiger partial charge in [0.25, 0.3) is 0 Å². The predicted octanol–water partition coefficient (Wildman–Crippen LogP) is 5.96. The lowest BCUT2D eigenvalue weighted by Crippen LogP contribution is -2.03. The summed E-state index contributed by atoms with van der Waals surface area (Å²) in [6.45, 7) is 2.00. The molecule has 2 aromatic rings. The molecule has 0 fully saturated rings. The highest BCUT2D eigenvalue weighted by Crippen LogP contribution is 2.30. The number of rotatable bonds is 5. The molecule has 120 valence electrons. The number of nitrogens with zero attached hydrogens (tertiary/aromatic N) is 1. The van der Waals surface area contributed by atoms with Gasteiger partial charge in [-0.2, -0.15) is 13.2 Å². The van der Waals surface area contributed by atoms with Crippen LogP contribution in [-0.2, 0) is 12.6 Å². The van der Waals surface area contributed by atoms with E-state index in [1.807, 2.05) is 37.3 Å². The van der Waals surface area contributed by atoms with E-state index < -0.39 is 11.7 Å². The second-order valence-corrected chi connectivity index (χ2v) is 5.15. The predicted molar refractivity (Wildman–Crippen MR) is 88.3 cm³/mol. The minimum Gasteiger partial charge on any atom is -0.256 e. The van der Waals surface area contributed by atoms with Gasteiger partial charge in [0.15, 0.2) is 0 Å². The Kier molecular flexibility index (Phi) is 5.74. The summed E-state index contributed by atoms with van der Waals surface area (Å²) in [5.74, 6) is 0. The zero-order valence-corrected chi connectivity index (χ0v) is 12.8. The molecule has 0 spiro atoms. The summed E-state index contributed by atoms with van der Waals surface area (Å²) >= 11 is 0. The molecule has 0 unspecified atom stereocenters. The highest BCUT2D eigenvalue weighted by atomic mass is 19.4. The van der Waals surface area contributed by atoms with Crippen molar-refractivity contribution in [1.82, 2.24) is 0 Å². The minimum absolute atomic E-state index is 0.496. The van der Waals surface area contributed by atoms with Crippen LogP contribution in [0.2, 0.25) is 0 Å². The summed E-state index contributed by atoms with van der Waals surface area (Å²) in [4.78, 5) is 4.20. The average Bonchev–Trinajstić information content (AvgIpc) is 2.54. The first-order chi connectivity index (χ1) is 11.0. The first-order valence-corrected chi connectivity index (χ1v) is 7.40. The number of halogens is 3. The molecule has 0 saturated carbocycles. The number of allylic oxidation sites excluding steroid dienone is 2. The fraction of sp³-hybridized carbons (Fsp3) is 0.211. The van der Waals surface area contributed by atoms with Crippen LogP contribution in [0.1, 0.15) is 30.0 Å². The Balaban J connectivity index is 1.99. The van der Waals surface area contributed by atoms with E-state index in [2.05, 4.69) is 11.1 Å². The van der Waals surface area contributed by atoms with Gasteiger partial charge in [-0.1, -0.05) is 36.4 Å². The molecule has 1 nitrogen and oxygen atoms in total. The molecule has 0 aliphatic carbocycles. The van der Waals surface area contributed by atoms with Crippen molar-refractivity contribution < 1.29 is 13.2 Å². The number of benzene rings is 2. The number of hydrogen-bond donors (Lipinski definition) is 0. The van der Waals surface area contributed by atoms with Crippen LogP contribution < -0.4 is 0 Å². The molecule has 2 rings (SSSR count). The van der Waals surface area contributed by atoms with Gasteiger partial charge in [-0.25, -0.2) is 0 Å². The van der Waals surface area contributed by atoms with Crippen molar-refractivity contribution in [3.8, 4) is 0 Å². The van der Waals surface area contributed by atoms with Crippen molar-refractivity contribution in [3.63, 3.8) is 0 Å². The molecule has 23 heavy (non-hydrogen) atoms. The second-order valence-electron chi connectivity index (χ2n) is 5.15.